The molecule has 1 fully saturated rings. The third-order valence-corrected chi connectivity index (χ3v) is 5.02. The van der Waals surface area contributed by atoms with Crippen LogP contribution in [0.5, 0.6) is 11.5 Å². The first-order chi connectivity index (χ1) is 11.3. The van der Waals surface area contributed by atoms with Gasteiger partial charge in [0, 0.05) is 29.5 Å². The number of piperidine rings is 1. The largest absolute Gasteiger partial charge is 0.490 e. The molecule has 2 heterocycles. The second kappa shape index (κ2) is 8.45. The van der Waals surface area contributed by atoms with E-state index in [1.165, 1.54) is 0 Å². The highest BCUT2D eigenvalue weighted by atomic mass is 32.2. The molecule has 6 heteroatoms. The average molecular weight is 336 g/mol. The van der Waals surface area contributed by atoms with E-state index in [1.807, 2.05) is 18.2 Å². The SMILES string of the molecule is O=C(CCSc1ccc2c(c1)OCCCO2)NC1CCNCC1. The second-order valence-corrected chi connectivity index (χ2v) is 7.02. The Morgan fingerprint density at radius 2 is 2.00 bits per heavy atom. The van der Waals surface area contributed by atoms with E-state index in [2.05, 4.69) is 10.6 Å². The van der Waals surface area contributed by atoms with Crippen LogP contribution in [0.4, 0.5) is 0 Å². The van der Waals surface area contributed by atoms with Crippen molar-refractivity contribution in [2.75, 3.05) is 32.1 Å². The van der Waals surface area contributed by atoms with Crippen LogP contribution in [0.3, 0.4) is 0 Å². The molecular weight excluding hydrogens is 312 g/mol. The zero-order chi connectivity index (χ0) is 15.9. The van der Waals surface area contributed by atoms with Crippen molar-refractivity contribution >= 4 is 17.7 Å². The zero-order valence-electron chi connectivity index (χ0n) is 13.3. The van der Waals surface area contributed by atoms with Gasteiger partial charge in [-0.1, -0.05) is 0 Å². The Labute approximate surface area is 141 Å². The number of carbonyl (C=O) groups is 1. The van der Waals surface area contributed by atoms with Crippen LogP contribution in [-0.2, 0) is 4.79 Å². The molecule has 0 spiro atoms. The van der Waals surface area contributed by atoms with E-state index in [-0.39, 0.29) is 5.91 Å². The number of ether oxygens (including phenoxy) is 2. The van der Waals surface area contributed by atoms with E-state index in [4.69, 9.17) is 9.47 Å². The molecular formula is C17H24N2O3S. The number of thioether (sulfide) groups is 1. The van der Waals surface area contributed by atoms with Gasteiger partial charge in [0.05, 0.1) is 13.2 Å². The highest BCUT2D eigenvalue weighted by Crippen LogP contribution is 2.33. The van der Waals surface area contributed by atoms with Gasteiger partial charge in [-0.05, 0) is 44.1 Å². The predicted molar refractivity (Wildman–Crippen MR) is 91.4 cm³/mol. The molecule has 2 aliphatic heterocycles. The van der Waals surface area contributed by atoms with Gasteiger partial charge < -0.3 is 20.1 Å². The number of amides is 1. The van der Waals surface area contributed by atoms with Crippen LogP contribution < -0.4 is 20.1 Å². The molecule has 3 rings (SSSR count). The van der Waals surface area contributed by atoms with Crippen molar-refractivity contribution < 1.29 is 14.3 Å². The minimum Gasteiger partial charge on any atom is -0.490 e. The molecule has 0 atom stereocenters. The molecule has 0 aliphatic carbocycles. The first-order valence-corrected chi connectivity index (χ1v) is 9.32. The monoisotopic (exact) mass is 336 g/mol. The smallest absolute Gasteiger partial charge is 0.221 e. The maximum Gasteiger partial charge on any atom is 0.221 e. The van der Waals surface area contributed by atoms with Crippen molar-refractivity contribution in [2.45, 2.75) is 36.6 Å². The Morgan fingerprint density at radius 1 is 1.22 bits per heavy atom. The number of rotatable bonds is 5. The maximum atomic E-state index is 12.0. The van der Waals surface area contributed by atoms with E-state index in [1.54, 1.807) is 11.8 Å². The fraction of sp³-hybridized carbons (Fsp3) is 0.588. The van der Waals surface area contributed by atoms with Gasteiger partial charge >= 0.3 is 0 Å². The fourth-order valence-corrected chi connectivity index (χ4v) is 3.64. The minimum atomic E-state index is 0.152. The number of benzene rings is 1. The van der Waals surface area contributed by atoms with Crippen LogP contribution in [0.25, 0.3) is 0 Å². The molecule has 23 heavy (non-hydrogen) atoms. The lowest BCUT2D eigenvalue weighted by Crippen LogP contribution is -2.42. The molecule has 5 nitrogen and oxygen atoms in total. The maximum absolute atomic E-state index is 12.0. The third-order valence-electron chi connectivity index (χ3n) is 4.02. The summed E-state index contributed by atoms with van der Waals surface area (Å²) < 4.78 is 11.3. The molecule has 0 saturated carbocycles. The van der Waals surface area contributed by atoms with Gasteiger partial charge in [0.25, 0.3) is 0 Å². The standard InChI is InChI=1S/C17H24N2O3S/c20-17(19-13-4-7-18-8-5-13)6-11-23-14-2-3-15-16(12-14)22-10-1-9-21-15/h2-3,12-13,18H,1,4-11H2,(H,19,20). The van der Waals surface area contributed by atoms with Crippen LogP contribution in [-0.4, -0.2) is 44.0 Å². The summed E-state index contributed by atoms with van der Waals surface area (Å²) in [4.78, 5) is 13.1. The Balaban J connectivity index is 1.43. The molecule has 126 valence electrons. The lowest BCUT2D eigenvalue weighted by molar-refractivity contribution is -0.121. The highest BCUT2D eigenvalue weighted by Gasteiger charge is 2.15. The van der Waals surface area contributed by atoms with Crippen molar-refractivity contribution in [2.24, 2.45) is 0 Å². The Bertz CT molecular complexity index is 533. The summed E-state index contributed by atoms with van der Waals surface area (Å²) in [7, 11) is 0. The van der Waals surface area contributed by atoms with Gasteiger partial charge in [-0.25, -0.2) is 0 Å². The van der Waals surface area contributed by atoms with Crippen LogP contribution in [0.15, 0.2) is 23.1 Å². The number of carbonyl (C=O) groups excluding carboxylic acids is 1. The Kier molecular flexibility index (Phi) is 6.05. The lowest BCUT2D eigenvalue weighted by Gasteiger charge is -2.23. The fourth-order valence-electron chi connectivity index (χ4n) is 2.76. The molecule has 1 aromatic carbocycles. The summed E-state index contributed by atoms with van der Waals surface area (Å²) in [5, 5.41) is 6.43. The summed E-state index contributed by atoms with van der Waals surface area (Å²) in [6, 6.07) is 6.34. The molecule has 0 unspecified atom stereocenters. The number of nitrogens with one attached hydrogen (secondary N) is 2. The van der Waals surface area contributed by atoms with Crippen molar-refractivity contribution in [3.63, 3.8) is 0 Å². The van der Waals surface area contributed by atoms with Gasteiger partial charge in [-0.15, -0.1) is 11.8 Å². The molecule has 0 radical (unpaired) electrons. The van der Waals surface area contributed by atoms with Crippen molar-refractivity contribution in [1.82, 2.24) is 10.6 Å². The third kappa shape index (κ3) is 5.04. The number of hydrogen-bond donors (Lipinski definition) is 2. The van der Waals surface area contributed by atoms with Gasteiger partial charge in [0.2, 0.25) is 5.91 Å². The topological polar surface area (TPSA) is 59.6 Å². The molecule has 1 aromatic rings. The van der Waals surface area contributed by atoms with E-state index >= 15 is 0 Å². The van der Waals surface area contributed by atoms with E-state index in [9.17, 15) is 4.79 Å². The molecule has 0 bridgehead atoms. The van der Waals surface area contributed by atoms with Gasteiger partial charge in [-0.3, -0.25) is 4.79 Å². The van der Waals surface area contributed by atoms with Crippen LogP contribution in [0.1, 0.15) is 25.7 Å². The first-order valence-electron chi connectivity index (χ1n) is 8.34. The van der Waals surface area contributed by atoms with E-state index in [0.717, 1.165) is 54.5 Å². The normalized spacial score (nSPS) is 18.3. The molecule has 2 aliphatic rings. The molecule has 1 amide bonds. The average Bonchev–Trinajstić information content (AvgIpc) is 2.80. The molecule has 1 saturated heterocycles. The van der Waals surface area contributed by atoms with Crippen LogP contribution in [0, 0.1) is 0 Å². The van der Waals surface area contributed by atoms with E-state index < -0.39 is 0 Å². The van der Waals surface area contributed by atoms with Crippen molar-refractivity contribution in [1.29, 1.82) is 0 Å². The van der Waals surface area contributed by atoms with Gasteiger partial charge in [0.1, 0.15) is 0 Å². The number of fused-ring (bicyclic) bond motifs is 1. The summed E-state index contributed by atoms with van der Waals surface area (Å²) in [5.41, 5.74) is 0. The van der Waals surface area contributed by atoms with Crippen LogP contribution >= 0.6 is 11.8 Å². The summed E-state index contributed by atoms with van der Waals surface area (Å²) in [5.74, 6) is 2.55. The van der Waals surface area contributed by atoms with Crippen LogP contribution in [0.2, 0.25) is 0 Å². The van der Waals surface area contributed by atoms with Gasteiger partial charge in [0.15, 0.2) is 11.5 Å². The predicted octanol–water partition coefficient (Wildman–Crippen LogP) is 2.20. The lowest BCUT2D eigenvalue weighted by atomic mass is 10.1. The zero-order valence-corrected chi connectivity index (χ0v) is 14.1. The molecule has 2 N–H and O–H groups in total. The number of hydrogen-bond acceptors (Lipinski definition) is 5. The van der Waals surface area contributed by atoms with Crippen molar-refractivity contribution in [3.8, 4) is 11.5 Å². The van der Waals surface area contributed by atoms with Crippen molar-refractivity contribution in [3.05, 3.63) is 18.2 Å². The first kappa shape index (κ1) is 16.5. The minimum absolute atomic E-state index is 0.152. The summed E-state index contributed by atoms with van der Waals surface area (Å²) in [6.45, 7) is 3.39. The second-order valence-electron chi connectivity index (χ2n) is 5.85. The quantitative estimate of drug-likeness (QED) is 0.807. The van der Waals surface area contributed by atoms with E-state index in [0.29, 0.717) is 25.7 Å². The summed E-state index contributed by atoms with van der Waals surface area (Å²) >= 11 is 1.68. The Morgan fingerprint density at radius 3 is 2.83 bits per heavy atom. The summed E-state index contributed by atoms with van der Waals surface area (Å²) in [6.07, 6.45) is 3.51. The highest BCUT2D eigenvalue weighted by molar-refractivity contribution is 7.99. The van der Waals surface area contributed by atoms with Gasteiger partial charge in [-0.2, -0.15) is 0 Å². The Hall–Kier alpha value is -1.40. The molecule has 0 aromatic heterocycles.